The summed E-state index contributed by atoms with van der Waals surface area (Å²) in [6, 6.07) is 20.8. The molecule has 3 aromatic carbocycles. The molecule has 0 aliphatic carbocycles. The van der Waals surface area contributed by atoms with Gasteiger partial charge >= 0.3 is 5.97 Å². The first-order valence-electron chi connectivity index (χ1n) is 11.8. The number of amides is 2. The molecule has 39 heavy (non-hydrogen) atoms. The van der Waals surface area contributed by atoms with Crippen molar-refractivity contribution in [2.45, 2.75) is 19.9 Å². The zero-order valence-electron chi connectivity index (χ0n) is 21.1. The van der Waals surface area contributed by atoms with Crippen molar-refractivity contribution in [1.29, 1.82) is 5.41 Å². The largest absolute Gasteiger partial charge is 0.481 e. The Kier molecular flexibility index (Phi) is 9.36. The first-order valence-corrected chi connectivity index (χ1v) is 11.8. The van der Waals surface area contributed by atoms with Crippen LogP contribution in [0.5, 0.6) is 5.75 Å². The molecule has 1 aliphatic heterocycles. The minimum Gasteiger partial charge on any atom is -0.481 e. The van der Waals surface area contributed by atoms with E-state index in [0.717, 1.165) is 18.1 Å². The molecule has 0 saturated heterocycles. The predicted molar refractivity (Wildman–Crippen MR) is 144 cm³/mol. The van der Waals surface area contributed by atoms with Gasteiger partial charge in [0.1, 0.15) is 17.5 Å². The number of fused-ring (bicyclic) bond motifs is 1. The summed E-state index contributed by atoms with van der Waals surface area (Å²) >= 11 is 0. The highest BCUT2D eigenvalue weighted by Crippen LogP contribution is 2.35. The maximum Gasteiger partial charge on any atom is 0.316 e. The molecule has 4 rings (SSSR count). The number of hydrogen-bond donors (Lipinski definition) is 5. The highest BCUT2D eigenvalue weighted by molar-refractivity contribution is 6.05. The lowest BCUT2D eigenvalue weighted by Crippen LogP contribution is -2.38. The summed E-state index contributed by atoms with van der Waals surface area (Å²) in [6.07, 6.45) is 0.0636. The Balaban J connectivity index is 0.000000983. The Hall–Kier alpha value is -5.19. The number of carboxylic acid groups (broad SMARTS) is 2. The van der Waals surface area contributed by atoms with Gasteiger partial charge in [0.15, 0.2) is 6.61 Å². The predicted octanol–water partition coefficient (Wildman–Crippen LogP) is 2.87. The maximum atomic E-state index is 12.7. The Bertz CT molecular complexity index is 1370. The SMILES string of the molecule is CC(=O)O.N=C(N)c1ccc(CN2C(=O)COc3cc(NC(=O)C(Cc4ccccc4)C(=O)O)ccc32)cc1. The molecule has 0 spiro atoms. The lowest BCUT2D eigenvalue weighted by atomic mass is 9.98. The zero-order valence-corrected chi connectivity index (χ0v) is 21.1. The van der Waals surface area contributed by atoms with Crippen LogP contribution in [0.4, 0.5) is 11.4 Å². The standard InChI is InChI=1S/C26H24N4O5.C2H4O2/c27-24(28)18-8-6-17(7-9-18)14-30-21-11-10-19(13-22(21)35-15-23(30)31)29-25(32)20(26(33)34)12-16-4-2-1-3-5-16;1-2(3)4/h1-11,13,20H,12,14-15H2,(H3,27,28)(H,29,32)(H,33,34);1H3,(H,3,4). The van der Waals surface area contributed by atoms with Crippen LogP contribution in [0.3, 0.4) is 0 Å². The van der Waals surface area contributed by atoms with Gasteiger partial charge in [-0.25, -0.2) is 0 Å². The van der Waals surface area contributed by atoms with Crippen LogP contribution in [0, 0.1) is 11.3 Å². The van der Waals surface area contributed by atoms with Crippen molar-refractivity contribution in [3.05, 3.63) is 89.5 Å². The van der Waals surface area contributed by atoms with E-state index in [1.54, 1.807) is 71.6 Å². The van der Waals surface area contributed by atoms with Gasteiger partial charge < -0.3 is 30.9 Å². The van der Waals surface area contributed by atoms with Crippen molar-refractivity contribution >= 4 is 41.0 Å². The summed E-state index contributed by atoms with van der Waals surface area (Å²) in [6.45, 7) is 1.21. The highest BCUT2D eigenvalue weighted by Gasteiger charge is 2.29. The molecule has 0 aromatic heterocycles. The van der Waals surface area contributed by atoms with Gasteiger partial charge in [0, 0.05) is 24.2 Å². The fraction of sp³-hybridized carbons (Fsp3) is 0.179. The van der Waals surface area contributed by atoms with Crippen molar-refractivity contribution in [2.75, 3.05) is 16.8 Å². The second-order valence-corrected chi connectivity index (χ2v) is 8.65. The number of nitrogen functional groups attached to an aromatic ring is 1. The first-order chi connectivity index (χ1) is 18.5. The fourth-order valence-electron chi connectivity index (χ4n) is 3.80. The van der Waals surface area contributed by atoms with E-state index in [-0.39, 0.29) is 31.3 Å². The minimum absolute atomic E-state index is 0.0344. The van der Waals surface area contributed by atoms with Crippen LogP contribution in [0.15, 0.2) is 72.8 Å². The Labute approximate surface area is 224 Å². The number of ether oxygens (including phenoxy) is 1. The van der Waals surface area contributed by atoms with Crippen LogP contribution >= 0.6 is 0 Å². The van der Waals surface area contributed by atoms with Crippen molar-refractivity contribution in [3.8, 4) is 5.75 Å². The van der Waals surface area contributed by atoms with Crippen molar-refractivity contribution in [1.82, 2.24) is 0 Å². The second-order valence-electron chi connectivity index (χ2n) is 8.65. The summed E-state index contributed by atoms with van der Waals surface area (Å²) < 4.78 is 5.58. The number of nitrogens with zero attached hydrogens (tertiary/aromatic N) is 1. The van der Waals surface area contributed by atoms with E-state index in [0.29, 0.717) is 22.7 Å². The van der Waals surface area contributed by atoms with Crippen molar-refractivity contribution < 1.29 is 34.1 Å². The molecular formula is C28H28N4O7. The molecule has 2 amide bonds. The van der Waals surface area contributed by atoms with Crippen LogP contribution in [0.1, 0.15) is 23.6 Å². The Morgan fingerprint density at radius 1 is 1.03 bits per heavy atom. The zero-order chi connectivity index (χ0) is 28.5. The number of aliphatic carboxylic acids is 2. The van der Waals surface area contributed by atoms with Crippen LogP contribution < -0.4 is 20.7 Å². The number of benzene rings is 3. The van der Waals surface area contributed by atoms with Crippen LogP contribution in [0.25, 0.3) is 0 Å². The molecule has 11 nitrogen and oxygen atoms in total. The van der Waals surface area contributed by atoms with Crippen LogP contribution in [-0.4, -0.2) is 46.4 Å². The number of carbonyl (C=O) groups excluding carboxylic acids is 2. The van der Waals surface area contributed by atoms with E-state index in [1.807, 2.05) is 6.07 Å². The highest BCUT2D eigenvalue weighted by atomic mass is 16.5. The Morgan fingerprint density at radius 3 is 2.26 bits per heavy atom. The van der Waals surface area contributed by atoms with Crippen LogP contribution in [-0.2, 0) is 32.1 Å². The summed E-state index contributed by atoms with van der Waals surface area (Å²) in [5, 5.41) is 27.1. The lowest BCUT2D eigenvalue weighted by molar-refractivity contribution is -0.145. The lowest BCUT2D eigenvalue weighted by Gasteiger charge is -2.30. The second kappa shape index (κ2) is 12.9. The minimum atomic E-state index is -1.26. The van der Waals surface area contributed by atoms with E-state index in [9.17, 15) is 19.5 Å². The Morgan fingerprint density at radius 2 is 1.67 bits per heavy atom. The number of amidine groups is 1. The van der Waals surface area contributed by atoms with Gasteiger partial charge in [0.2, 0.25) is 5.91 Å². The first kappa shape index (κ1) is 28.4. The van der Waals surface area contributed by atoms with Gasteiger partial charge in [-0.1, -0.05) is 54.6 Å². The number of rotatable bonds is 8. The van der Waals surface area contributed by atoms with E-state index in [4.69, 9.17) is 25.8 Å². The molecule has 1 atom stereocenters. The molecule has 1 unspecified atom stereocenters. The molecule has 0 bridgehead atoms. The average Bonchev–Trinajstić information content (AvgIpc) is 2.89. The fourth-order valence-corrected chi connectivity index (χ4v) is 3.80. The smallest absolute Gasteiger partial charge is 0.316 e. The van der Waals surface area contributed by atoms with Gasteiger partial charge in [-0.05, 0) is 29.7 Å². The average molecular weight is 533 g/mol. The quantitative estimate of drug-likeness (QED) is 0.167. The van der Waals surface area contributed by atoms with Gasteiger partial charge in [-0.15, -0.1) is 0 Å². The third-order valence-electron chi connectivity index (χ3n) is 5.67. The third-order valence-corrected chi connectivity index (χ3v) is 5.67. The molecule has 0 fully saturated rings. The van der Waals surface area contributed by atoms with Crippen LogP contribution in [0.2, 0.25) is 0 Å². The molecule has 6 N–H and O–H groups in total. The van der Waals surface area contributed by atoms with E-state index in [2.05, 4.69) is 5.32 Å². The van der Waals surface area contributed by atoms with E-state index < -0.39 is 23.8 Å². The summed E-state index contributed by atoms with van der Waals surface area (Å²) in [5.74, 6) is -3.81. The normalized spacial score (nSPS) is 12.6. The number of nitrogens with two attached hydrogens (primary N) is 1. The molecule has 11 heteroatoms. The number of carboxylic acids is 2. The van der Waals surface area contributed by atoms with E-state index in [1.165, 1.54) is 0 Å². The van der Waals surface area contributed by atoms with Crippen molar-refractivity contribution in [2.24, 2.45) is 11.7 Å². The number of anilines is 2. The third kappa shape index (κ3) is 7.89. The van der Waals surface area contributed by atoms with E-state index >= 15 is 0 Å². The summed E-state index contributed by atoms with van der Waals surface area (Å²) in [5.41, 5.74) is 8.58. The number of hydrogen-bond acceptors (Lipinski definition) is 6. The molecular weight excluding hydrogens is 504 g/mol. The monoisotopic (exact) mass is 532 g/mol. The summed E-state index contributed by atoms with van der Waals surface area (Å²) in [4.78, 5) is 47.6. The van der Waals surface area contributed by atoms with Gasteiger partial charge in [-0.2, -0.15) is 0 Å². The topological polar surface area (TPSA) is 183 Å². The van der Waals surface area contributed by atoms with Gasteiger partial charge in [0.05, 0.1) is 12.2 Å². The molecule has 0 saturated carbocycles. The number of nitrogens with one attached hydrogen (secondary N) is 2. The molecule has 1 aliphatic rings. The summed E-state index contributed by atoms with van der Waals surface area (Å²) in [7, 11) is 0. The van der Waals surface area contributed by atoms with Crippen molar-refractivity contribution in [3.63, 3.8) is 0 Å². The molecule has 1 heterocycles. The molecule has 202 valence electrons. The number of carbonyl (C=O) groups is 4. The van der Waals surface area contributed by atoms with Gasteiger partial charge in [0.25, 0.3) is 11.9 Å². The maximum absolute atomic E-state index is 12.7. The van der Waals surface area contributed by atoms with Gasteiger partial charge in [-0.3, -0.25) is 24.6 Å². The molecule has 3 aromatic rings. The molecule has 0 radical (unpaired) electrons.